The average molecular weight is 187 g/mol. The standard InChI is InChI=1S/C9H8F3N/c10-7-1-5(6-3-13-4-6)2-8(11)9(7)12/h1-2,6,13H,3-4H2. The number of hydrogen-bond donors (Lipinski definition) is 1. The lowest BCUT2D eigenvalue weighted by Crippen LogP contribution is -2.40. The molecule has 1 saturated heterocycles. The van der Waals surface area contributed by atoms with Crippen LogP contribution in [0.2, 0.25) is 0 Å². The third kappa shape index (κ3) is 1.42. The lowest BCUT2D eigenvalue weighted by Gasteiger charge is -2.27. The smallest absolute Gasteiger partial charge is 0.194 e. The van der Waals surface area contributed by atoms with Gasteiger partial charge in [-0.3, -0.25) is 0 Å². The molecule has 0 unspecified atom stereocenters. The molecule has 13 heavy (non-hydrogen) atoms. The number of halogens is 3. The molecule has 1 aliphatic rings. The second-order valence-electron chi connectivity index (χ2n) is 3.15. The van der Waals surface area contributed by atoms with Gasteiger partial charge in [-0.05, 0) is 17.7 Å². The Morgan fingerprint density at radius 3 is 2.00 bits per heavy atom. The van der Waals surface area contributed by atoms with Crippen molar-refractivity contribution in [3.05, 3.63) is 35.1 Å². The second-order valence-corrected chi connectivity index (χ2v) is 3.15. The SMILES string of the molecule is Fc1cc(C2CNC2)cc(F)c1F. The van der Waals surface area contributed by atoms with Gasteiger partial charge in [-0.1, -0.05) is 0 Å². The number of rotatable bonds is 1. The van der Waals surface area contributed by atoms with E-state index in [1.54, 1.807) is 0 Å². The van der Waals surface area contributed by atoms with Crippen LogP contribution in [0.4, 0.5) is 13.2 Å². The van der Waals surface area contributed by atoms with Crippen LogP contribution in [0.15, 0.2) is 12.1 Å². The predicted molar refractivity (Wildman–Crippen MR) is 41.9 cm³/mol. The maximum atomic E-state index is 12.7. The number of hydrogen-bond acceptors (Lipinski definition) is 1. The molecular formula is C9H8F3N. The molecule has 1 N–H and O–H groups in total. The lowest BCUT2D eigenvalue weighted by molar-refractivity contribution is 0.422. The van der Waals surface area contributed by atoms with E-state index >= 15 is 0 Å². The van der Waals surface area contributed by atoms with Crippen LogP contribution in [0.25, 0.3) is 0 Å². The number of benzene rings is 1. The van der Waals surface area contributed by atoms with Gasteiger partial charge < -0.3 is 5.32 Å². The van der Waals surface area contributed by atoms with Crippen molar-refractivity contribution in [3.8, 4) is 0 Å². The van der Waals surface area contributed by atoms with Crippen molar-refractivity contribution in [2.75, 3.05) is 13.1 Å². The van der Waals surface area contributed by atoms with Crippen LogP contribution in [0, 0.1) is 17.5 Å². The van der Waals surface area contributed by atoms with E-state index in [2.05, 4.69) is 5.32 Å². The van der Waals surface area contributed by atoms with Gasteiger partial charge in [0.2, 0.25) is 0 Å². The first-order valence-corrected chi connectivity index (χ1v) is 4.03. The summed E-state index contributed by atoms with van der Waals surface area (Å²) in [5, 5.41) is 2.97. The van der Waals surface area contributed by atoms with Gasteiger partial charge in [0.1, 0.15) is 0 Å². The van der Waals surface area contributed by atoms with Crippen molar-refractivity contribution >= 4 is 0 Å². The molecule has 1 aliphatic heterocycles. The fourth-order valence-electron chi connectivity index (χ4n) is 1.34. The van der Waals surface area contributed by atoms with Gasteiger partial charge >= 0.3 is 0 Å². The van der Waals surface area contributed by atoms with Crippen LogP contribution < -0.4 is 5.32 Å². The first-order valence-electron chi connectivity index (χ1n) is 4.03. The van der Waals surface area contributed by atoms with E-state index in [1.165, 1.54) is 0 Å². The fourth-order valence-corrected chi connectivity index (χ4v) is 1.34. The second kappa shape index (κ2) is 3.03. The highest BCUT2D eigenvalue weighted by molar-refractivity contribution is 5.25. The van der Waals surface area contributed by atoms with E-state index < -0.39 is 17.5 Å². The molecule has 0 bridgehead atoms. The van der Waals surface area contributed by atoms with E-state index in [1.807, 2.05) is 0 Å². The van der Waals surface area contributed by atoms with Gasteiger partial charge in [0.15, 0.2) is 17.5 Å². The van der Waals surface area contributed by atoms with Crippen LogP contribution in [0.5, 0.6) is 0 Å². The van der Waals surface area contributed by atoms with Gasteiger partial charge in [0.05, 0.1) is 0 Å². The Morgan fingerprint density at radius 1 is 1.08 bits per heavy atom. The molecule has 0 spiro atoms. The quantitative estimate of drug-likeness (QED) is 0.661. The molecule has 2 rings (SSSR count). The maximum absolute atomic E-state index is 12.7. The summed E-state index contributed by atoms with van der Waals surface area (Å²) in [6.07, 6.45) is 0. The fraction of sp³-hybridized carbons (Fsp3) is 0.333. The topological polar surface area (TPSA) is 12.0 Å². The van der Waals surface area contributed by atoms with Crippen molar-refractivity contribution in [2.45, 2.75) is 5.92 Å². The molecule has 0 amide bonds. The monoisotopic (exact) mass is 187 g/mol. The van der Waals surface area contributed by atoms with Crippen molar-refractivity contribution < 1.29 is 13.2 Å². The summed E-state index contributed by atoms with van der Waals surface area (Å²) in [4.78, 5) is 0. The summed E-state index contributed by atoms with van der Waals surface area (Å²) in [6.45, 7) is 1.40. The minimum absolute atomic E-state index is 0.115. The molecule has 0 radical (unpaired) electrons. The molecule has 1 nitrogen and oxygen atoms in total. The summed E-state index contributed by atoms with van der Waals surface area (Å²) < 4.78 is 38.0. The van der Waals surface area contributed by atoms with Crippen LogP contribution in [0.3, 0.4) is 0 Å². The Kier molecular flexibility index (Phi) is 2.00. The molecule has 0 aliphatic carbocycles. The van der Waals surface area contributed by atoms with E-state index in [4.69, 9.17) is 0 Å². The zero-order chi connectivity index (χ0) is 9.42. The van der Waals surface area contributed by atoms with Gasteiger partial charge in [-0.15, -0.1) is 0 Å². The minimum atomic E-state index is -1.39. The molecule has 1 heterocycles. The molecule has 4 heteroatoms. The van der Waals surface area contributed by atoms with Crippen molar-refractivity contribution in [1.82, 2.24) is 5.32 Å². The summed E-state index contributed by atoms with van der Waals surface area (Å²) in [6, 6.07) is 2.12. The Morgan fingerprint density at radius 2 is 1.62 bits per heavy atom. The van der Waals surface area contributed by atoms with Crippen molar-refractivity contribution in [2.24, 2.45) is 0 Å². The van der Waals surface area contributed by atoms with Crippen LogP contribution in [0.1, 0.15) is 11.5 Å². The molecule has 70 valence electrons. The molecular weight excluding hydrogens is 179 g/mol. The molecule has 0 aromatic heterocycles. The van der Waals surface area contributed by atoms with Crippen LogP contribution >= 0.6 is 0 Å². The molecule has 1 aromatic rings. The van der Waals surface area contributed by atoms with Gasteiger partial charge in [0.25, 0.3) is 0 Å². The van der Waals surface area contributed by atoms with Crippen LogP contribution in [-0.4, -0.2) is 13.1 Å². The zero-order valence-corrected chi connectivity index (χ0v) is 6.78. The van der Waals surface area contributed by atoms with E-state index in [9.17, 15) is 13.2 Å². The highest BCUT2D eigenvalue weighted by atomic mass is 19.2. The highest BCUT2D eigenvalue weighted by Gasteiger charge is 2.21. The largest absolute Gasteiger partial charge is 0.315 e. The maximum Gasteiger partial charge on any atom is 0.194 e. The summed E-state index contributed by atoms with van der Waals surface area (Å²) in [7, 11) is 0. The Balaban J connectivity index is 2.37. The van der Waals surface area contributed by atoms with Crippen molar-refractivity contribution in [1.29, 1.82) is 0 Å². The first-order chi connectivity index (χ1) is 6.18. The summed E-state index contributed by atoms with van der Waals surface area (Å²) in [5.41, 5.74) is 0.523. The van der Waals surface area contributed by atoms with Gasteiger partial charge in [-0.25, -0.2) is 13.2 Å². The average Bonchev–Trinajstić information content (AvgIpc) is 1.96. The van der Waals surface area contributed by atoms with E-state index in [0.29, 0.717) is 18.7 Å². The highest BCUT2D eigenvalue weighted by Crippen LogP contribution is 2.23. The Bertz CT molecular complexity index is 311. The first kappa shape index (κ1) is 8.56. The predicted octanol–water partition coefficient (Wildman–Crippen LogP) is 1.79. The van der Waals surface area contributed by atoms with Crippen LogP contribution in [-0.2, 0) is 0 Å². The van der Waals surface area contributed by atoms with Crippen molar-refractivity contribution in [3.63, 3.8) is 0 Å². The van der Waals surface area contributed by atoms with E-state index in [0.717, 1.165) is 12.1 Å². The Labute approximate surface area is 73.6 Å². The zero-order valence-electron chi connectivity index (χ0n) is 6.78. The Hall–Kier alpha value is -1.03. The number of nitrogens with one attached hydrogen (secondary N) is 1. The van der Waals surface area contributed by atoms with E-state index in [-0.39, 0.29) is 5.92 Å². The molecule has 1 aromatic carbocycles. The molecule has 1 fully saturated rings. The van der Waals surface area contributed by atoms with Gasteiger partial charge in [0, 0.05) is 19.0 Å². The third-order valence-electron chi connectivity index (χ3n) is 2.26. The minimum Gasteiger partial charge on any atom is -0.315 e. The summed E-state index contributed by atoms with van der Waals surface area (Å²) in [5.74, 6) is -3.50. The lowest BCUT2D eigenvalue weighted by atomic mass is 9.93. The molecule has 0 saturated carbocycles. The summed E-state index contributed by atoms with van der Waals surface area (Å²) >= 11 is 0. The molecule has 0 atom stereocenters. The van der Waals surface area contributed by atoms with Gasteiger partial charge in [-0.2, -0.15) is 0 Å². The third-order valence-corrected chi connectivity index (χ3v) is 2.26. The normalized spacial score (nSPS) is 17.2.